The number of nitrogens with zero attached hydrogens (tertiary/aromatic N) is 2. The molecule has 0 heterocycles. The Kier molecular flexibility index (Phi) is 5.30. The zero-order valence-corrected chi connectivity index (χ0v) is 13.2. The van der Waals surface area contributed by atoms with Crippen molar-refractivity contribution in [3.63, 3.8) is 0 Å². The summed E-state index contributed by atoms with van der Waals surface area (Å²) in [6.45, 7) is 4.20. The van der Waals surface area contributed by atoms with E-state index in [0.29, 0.717) is 17.8 Å². The second-order valence-corrected chi connectivity index (χ2v) is 5.03. The van der Waals surface area contributed by atoms with Crippen LogP contribution in [0.1, 0.15) is 12.5 Å². The molecule has 0 bridgehead atoms. The van der Waals surface area contributed by atoms with Crippen LogP contribution in [-0.4, -0.2) is 23.9 Å². The van der Waals surface area contributed by atoms with Crippen molar-refractivity contribution in [3.8, 4) is 0 Å². The van der Waals surface area contributed by atoms with Gasteiger partial charge in [-0.2, -0.15) is 0 Å². The predicted octanol–water partition coefficient (Wildman–Crippen LogP) is 3.37. The Morgan fingerprint density at radius 1 is 1.17 bits per heavy atom. The van der Waals surface area contributed by atoms with E-state index in [2.05, 4.69) is 5.32 Å². The van der Waals surface area contributed by atoms with Crippen molar-refractivity contribution in [3.05, 3.63) is 64.2 Å². The van der Waals surface area contributed by atoms with E-state index in [0.717, 1.165) is 5.69 Å². The van der Waals surface area contributed by atoms with E-state index in [1.807, 2.05) is 37.3 Å². The van der Waals surface area contributed by atoms with Gasteiger partial charge in [-0.3, -0.25) is 14.9 Å². The molecule has 120 valence electrons. The number of anilines is 2. The first-order valence-corrected chi connectivity index (χ1v) is 7.38. The minimum absolute atomic E-state index is 0.0397. The number of carbonyl (C=O) groups is 1. The molecule has 0 saturated carbocycles. The van der Waals surface area contributed by atoms with Crippen LogP contribution in [0, 0.1) is 17.0 Å². The zero-order chi connectivity index (χ0) is 16.8. The van der Waals surface area contributed by atoms with Gasteiger partial charge in [0.1, 0.15) is 0 Å². The fourth-order valence-electron chi connectivity index (χ4n) is 2.39. The van der Waals surface area contributed by atoms with Crippen molar-refractivity contribution in [2.24, 2.45) is 0 Å². The zero-order valence-electron chi connectivity index (χ0n) is 13.2. The van der Waals surface area contributed by atoms with Crippen LogP contribution in [0.4, 0.5) is 17.1 Å². The number of nitro groups is 1. The molecule has 2 aromatic carbocycles. The Balaban J connectivity index is 2.10. The molecule has 0 unspecified atom stereocenters. The average molecular weight is 313 g/mol. The number of rotatable bonds is 6. The van der Waals surface area contributed by atoms with Gasteiger partial charge in [0.15, 0.2) is 0 Å². The minimum atomic E-state index is -0.426. The highest BCUT2D eigenvalue weighted by Crippen LogP contribution is 2.25. The minimum Gasteiger partial charge on any atom is -0.376 e. The summed E-state index contributed by atoms with van der Waals surface area (Å²) in [7, 11) is 0. The molecule has 0 aliphatic rings. The number of carbonyl (C=O) groups excluding carboxylic acids is 1. The van der Waals surface area contributed by atoms with Crippen molar-refractivity contribution in [1.29, 1.82) is 0 Å². The van der Waals surface area contributed by atoms with Crippen molar-refractivity contribution in [2.45, 2.75) is 13.8 Å². The van der Waals surface area contributed by atoms with Crippen LogP contribution >= 0.6 is 0 Å². The summed E-state index contributed by atoms with van der Waals surface area (Å²) in [4.78, 5) is 24.6. The van der Waals surface area contributed by atoms with E-state index in [-0.39, 0.29) is 18.1 Å². The average Bonchev–Trinajstić information content (AvgIpc) is 2.55. The van der Waals surface area contributed by atoms with E-state index in [9.17, 15) is 14.9 Å². The van der Waals surface area contributed by atoms with E-state index >= 15 is 0 Å². The number of nitrogens with one attached hydrogen (secondary N) is 1. The van der Waals surface area contributed by atoms with Gasteiger partial charge in [0.05, 0.1) is 11.5 Å². The van der Waals surface area contributed by atoms with Gasteiger partial charge in [-0.05, 0) is 32.0 Å². The first-order valence-electron chi connectivity index (χ1n) is 7.38. The fraction of sp³-hybridized carbons (Fsp3) is 0.235. The Hall–Kier alpha value is -2.89. The lowest BCUT2D eigenvalue weighted by atomic mass is 10.1. The van der Waals surface area contributed by atoms with Gasteiger partial charge in [0.2, 0.25) is 5.91 Å². The maximum atomic E-state index is 12.4. The summed E-state index contributed by atoms with van der Waals surface area (Å²) in [6, 6.07) is 14.2. The summed E-state index contributed by atoms with van der Waals surface area (Å²) in [6.07, 6.45) is 0. The molecule has 2 aromatic rings. The molecule has 23 heavy (non-hydrogen) atoms. The molecule has 0 fully saturated rings. The summed E-state index contributed by atoms with van der Waals surface area (Å²) in [5.41, 5.74) is 1.99. The highest BCUT2D eigenvalue weighted by molar-refractivity contribution is 5.96. The van der Waals surface area contributed by atoms with E-state index in [1.54, 1.807) is 24.0 Å². The molecule has 0 saturated heterocycles. The number of likely N-dealkylation sites (N-methyl/N-ethyl adjacent to an activating group) is 1. The van der Waals surface area contributed by atoms with E-state index < -0.39 is 4.92 Å². The van der Waals surface area contributed by atoms with Crippen molar-refractivity contribution in [1.82, 2.24) is 0 Å². The molecule has 0 aromatic heterocycles. The van der Waals surface area contributed by atoms with Gasteiger partial charge < -0.3 is 10.2 Å². The van der Waals surface area contributed by atoms with Gasteiger partial charge in [0.25, 0.3) is 5.69 Å². The molecule has 6 heteroatoms. The molecule has 0 radical (unpaired) electrons. The molecule has 0 spiro atoms. The van der Waals surface area contributed by atoms with Crippen LogP contribution in [0.3, 0.4) is 0 Å². The Bertz CT molecular complexity index is 701. The van der Waals surface area contributed by atoms with Crippen LogP contribution in [-0.2, 0) is 4.79 Å². The van der Waals surface area contributed by atoms with Crippen LogP contribution in [0.25, 0.3) is 0 Å². The number of hydrogen-bond acceptors (Lipinski definition) is 4. The number of hydrogen-bond donors (Lipinski definition) is 1. The van der Waals surface area contributed by atoms with Crippen molar-refractivity contribution >= 4 is 23.0 Å². The van der Waals surface area contributed by atoms with Crippen LogP contribution < -0.4 is 10.2 Å². The smallest absolute Gasteiger partial charge is 0.274 e. The molecule has 2 rings (SSSR count). The molecule has 0 aliphatic heterocycles. The maximum Gasteiger partial charge on any atom is 0.274 e. The largest absolute Gasteiger partial charge is 0.376 e. The van der Waals surface area contributed by atoms with Crippen molar-refractivity contribution in [2.75, 3.05) is 23.3 Å². The van der Waals surface area contributed by atoms with Gasteiger partial charge >= 0.3 is 0 Å². The topological polar surface area (TPSA) is 75.5 Å². The molecule has 0 atom stereocenters. The first kappa shape index (κ1) is 16.5. The number of nitro benzene ring substituents is 1. The monoisotopic (exact) mass is 313 g/mol. The van der Waals surface area contributed by atoms with Gasteiger partial charge in [0, 0.05) is 29.5 Å². The third-order valence-corrected chi connectivity index (χ3v) is 3.62. The lowest BCUT2D eigenvalue weighted by Crippen LogP contribution is -2.35. The lowest BCUT2D eigenvalue weighted by molar-refractivity contribution is -0.385. The molecule has 1 N–H and O–H groups in total. The van der Waals surface area contributed by atoms with E-state index in [1.165, 1.54) is 6.07 Å². The Morgan fingerprint density at radius 3 is 2.48 bits per heavy atom. The Morgan fingerprint density at radius 2 is 1.87 bits per heavy atom. The summed E-state index contributed by atoms with van der Waals surface area (Å²) >= 11 is 0. The second-order valence-electron chi connectivity index (χ2n) is 5.03. The summed E-state index contributed by atoms with van der Waals surface area (Å²) in [5.74, 6) is -0.0930. The first-order chi connectivity index (χ1) is 11.0. The van der Waals surface area contributed by atoms with Crippen LogP contribution in [0.15, 0.2) is 48.5 Å². The van der Waals surface area contributed by atoms with Crippen LogP contribution in [0.2, 0.25) is 0 Å². The van der Waals surface area contributed by atoms with Crippen molar-refractivity contribution < 1.29 is 9.72 Å². The third kappa shape index (κ3) is 3.85. The molecular formula is C17H19N3O3. The summed E-state index contributed by atoms with van der Waals surface area (Å²) < 4.78 is 0. The quantitative estimate of drug-likeness (QED) is 0.655. The lowest BCUT2D eigenvalue weighted by Gasteiger charge is -2.21. The van der Waals surface area contributed by atoms with E-state index in [4.69, 9.17) is 0 Å². The second kappa shape index (κ2) is 7.40. The molecule has 6 nitrogen and oxygen atoms in total. The number of para-hydroxylation sites is 1. The van der Waals surface area contributed by atoms with Crippen LogP contribution in [0.5, 0.6) is 0 Å². The number of amides is 1. The normalized spacial score (nSPS) is 10.2. The molecule has 1 amide bonds. The molecule has 0 aliphatic carbocycles. The summed E-state index contributed by atoms with van der Waals surface area (Å²) in [5, 5.41) is 14.0. The third-order valence-electron chi connectivity index (χ3n) is 3.62. The number of benzene rings is 2. The maximum absolute atomic E-state index is 12.4. The predicted molar refractivity (Wildman–Crippen MR) is 90.8 cm³/mol. The fourth-order valence-corrected chi connectivity index (χ4v) is 2.39. The highest BCUT2D eigenvalue weighted by atomic mass is 16.6. The van der Waals surface area contributed by atoms with Gasteiger partial charge in [-0.1, -0.05) is 24.3 Å². The highest BCUT2D eigenvalue weighted by Gasteiger charge is 2.16. The standard InChI is InChI=1S/C17H19N3O3/c1-3-19(14-8-5-4-6-9-14)17(21)12-18-15-10-7-11-16(13(15)2)20(22)23/h4-11,18H,3,12H2,1-2H3. The van der Waals surface area contributed by atoms with Gasteiger partial charge in [-0.15, -0.1) is 0 Å². The Labute approximate surface area is 134 Å². The SMILES string of the molecule is CCN(C(=O)CNc1cccc([N+](=O)[O-])c1C)c1ccccc1. The molecular weight excluding hydrogens is 294 g/mol. The van der Waals surface area contributed by atoms with Gasteiger partial charge in [-0.25, -0.2) is 0 Å².